The van der Waals surface area contributed by atoms with Crippen molar-refractivity contribution in [2.24, 2.45) is 0 Å². The van der Waals surface area contributed by atoms with Gasteiger partial charge in [-0.2, -0.15) is 0 Å². The largest absolute Gasteiger partial charge is 0.378 e. The van der Waals surface area contributed by atoms with Crippen molar-refractivity contribution in [2.75, 3.05) is 13.2 Å². The molecule has 4 heteroatoms. The third-order valence-electron chi connectivity index (χ3n) is 3.43. The third-order valence-corrected chi connectivity index (χ3v) is 5.24. The molecule has 1 N–H and O–H groups in total. The Morgan fingerprint density at radius 3 is 3.11 bits per heavy atom. The zero-order valence-electron chi connectivity index (χ0n) is 11.0. The predicted octanol–water partition coefficient (Wildman–Crippen LogP) is 4.35. The summed E-state index contributed by atoms with van der Waals surface area (Å²) in [5.41, 5.74) is 1.45. The van der Waals surface area contributed by atoms with Gasteiger partial charge in [-0.3, -0.25) is 0 Å². The highest BCUT2D eigenvalue weighted by atomic mass is 127. The van der Waals surface area contributed by atoms with E-state index in [0.717, 1.165) is 13.2 Å². The molecule has 0 spiro atoms. The van der Waals surface area contributed by atoms with Gasteiger partial charge in [-0.25, -0.2) is 0 Å². The smallest absolute Gasteiger partial charge is 0.0656 e. The number of ether oxygens (including phenoxy) is 1. The summed E-state index contributed by atoms with van der Waals surface area (Å²) in [5.74, 6) is 0. The van der Waals surface area contributed by atoms with Crippen molar-refractivity contribution in [2.45, 2.75) is 51.2 Å². The van der Waals surface area contributed by atoms with Gasteiger partial charge in [0.15, 0.2) is 0 Å². The minimum atomic E-state index is 0.508. The minimum absolute atomic E-state index is 0.508. The molecule has 2 unspecified atom stereocenters. The van der Waals surface area contributed by atoms with E-state index in [1.54, 1.807) is 0 Å². The molecule has 0 aliphatic carbocycles. The average Bonchev–Trinajstić information content (AvgIpc) is 3.01. The van der Waals surface area contributed by atoms with Crippen LogP contribution >= 0.6 is 33.9 Å². The third kappa shape index (κ3) is 4.47. The molecule has 0 saturated carbocycles. The standard InChI is InChI=1S/C14H22INOS/c1-2-7-16-13(11-9-14(15)18-10-11)6-5-12-4-3-8-17-12/h9-10,12-13,16H,2-8H2,1H3. The average molecular weight is 379 g/mol. The van der Waals surface area contributed by atoms with E-state index in [1.807, 2.05) is 11.3 Å². The van der Waals surface area contributed by atoms with Crippen LogP contribution in [0.5, 0.6) is 0 Å². The summed E-state index contributed by atoms with van der Waals surface area (Å²) in [4.78, 5) is 0. The first-order valence-corrected chi connectivity index (χ1v) is 8.84. The molecule has 1 aromatic rings. The highest BCUT2D eigenvalue weighted by Gasteiger charge is 2.19. The molecule has 1 fully saturated rings. The lowest BCUT2D eigenvalue weighted by atomic mass is 10.0. The van der Waals surface area contributed by atoms with Gasteiger partial charge >= 0.3 is 0 Å². The number of thiophene rings is 1. The second-order valence-electron chi connectivity index (χ2n) is 4.90. The van der Waals surface area contributed by atoms with E-state index in [-0.39, 0.29) is 0 Å². The quantitative estimate of drug-likeness (QED) is 0.712. The van der Waals surface area contributed by atoms with Crippen molar-refractivity contribution < 1.29 is 4.74 Å². The first-order chi connectivity index (χ1) is 8.79. The van der Waals surface area contributed by atoms with E-state index in [4.69, 9.17) is 4.74 Å². The van der Waals surface area contributed by atoms with Crippen molar-refractivity contribution >= 4 is 33.9 Å². The molecule has 0 amide bonds. The molecule has 2 heterocycles. The van der Waals surface area contributed by atoms with Gasteiger partial charge in [0.1, 0.15) is 0 Å². The summed E-state index contributed by atoms with van der Waals surface area (Å²) in [6.45, 7) is 4.29. The van der Waals surface area contributed by atoms with Crippen LogP contribution < -0.4 is 5.32 Å². The Hall–Kier alpha value is 0.350. The maximum atomic E-state index is 5.72. The van der Waals surface area contributed by atoms with Crippen LogP contribution in [0.1, 0.15) is 50.6 Å². The Labute approximate surface area is 128 Å². The van der Waals surface area contributed by atoms with Gasteiger partial charge in [0.05, 0.1) is 8.99 Å². The van der Waals surface area contributed by atoms with Crippen molar-refractivity contribution in [3.8, 4) is 0 Å². The van der Waals surface area contributed by atoms with Crippen molar-refractivity contribution in [3.63, 3.8) is 0 Å². The Morgan fingerprint density at radius 1 is 1.61 bits per heavy atom. The van der Waals surface area contributed by atoms with E-state index in [2.05, 4.69) is 46.3 Å². The number of rotatable bonds is 7. The van der Waals surface area contributed by atoms with Crippen LogP contribution in [0.15, 0.2) is 11.4 Å². The fraction of sp³-hybridized carbons (Fsp3) is 0.714. The predicted molar refractivity (Wildman–Crippen MR) is 86.3 cm³/mol. The topological polar surface area (TPSA) is 21.3 Å². The maximum absolute atomic E-state index is 5.72. The van der Waals surface area contributed by atoms with Crippen LogP contribution in [0.4, 0.5) is 0 Å². The summed E-state index contributed by atoms with van der Waals surface area (Å²) >= 11 is 4.24. The molecule has 0 radical (unpaired) electrons. The van der Waals surface area contributed by atoms with Crippen molar-refractivity contribution in [1.82, 2.24) is 5.32 Å². The van der Waals surface area contributed by atoms with Gasteiger partial charge in [-0.05, 0) is 78.2 Å². The number of hydrogen-bond acceptors (Lipinski definition) is 3. The molecule has 18 heavy (non-hydrogen) atoms. The zero-order valence-corrected chi connectivity index (χ0v) is 13.9. The lowest BCUT2D eigenvalue weighted by molar-refractivity contribution is 0.0996. The van der Waals surface area contributed by atoms with Crippen LogP contribution in [0, 0.1) is 2.88 Å². The Kier molecular flexibility index (Phi) is 6.41. The van der Waals surface area contributed by atoms with E-state index >= 15 is 0 Å². The van der Waals surface area contributed by atoms with E-state index in [9.17, 15) is 0 Å². The Balaban J connectivity index is 1.87. The molecule has 1 saturated heterocycles. The fourth-order valence-corrected chi connectivity index (χ4v) is 3.86. The molecular weight excluding hydrogens is 357 g/mol. The van der Waals surface area contributed by atoms with E-state index < -0.39 is 0 Å². The molecule has 2 atom stereocenters. The van der Waals surface area contributed by atoms with Gasteiger partial charge in [0.2, 0.25) is 0 Å². The van der Waals surface area contributed by atoms with Gasteiger partial charge in [0, 0.05) is 12.6 Å². The van der Waals surface area contributed by atoms with Gasteiger partial charge in [0.25, 0.3) is 0 Å². The monoisotopic (exact) mass is 379 g/mol. The molecule has 0 bridgehead atoms. The molecule has 102 valence electrons. The first kappa shape index (κ1) is 14.8. The van der Waals surface area contributed by atoms with Crippen LogP contribution in [0.25, 0.3) is 0 Å². The molecule has 2 nitrogen and oxygen atoms in total. The highest BCUT2D eigenvalue weighted by molar-refractivity contribution is 14.1. The maximum Gasteiger partial charge on any atom is 0.0656 e. The molecule has 2 rings (SSSR count). The second-order valence-corrected chi connectivity index (χ2v) is 7.71. The van der Waals surface area contributed by atoms with Gasteiger partial charge in [-0.15, -0.1) is 11.3 Å². The summed E-state index contributed by atoms with van der Waals surface area (Å²) in [6, 6.07) is 2.82. The van der Waals surface area contributed by atoms with Gasteiger partial charge < -0.3 is 10.1 Å². The van der Waals surface area contributed by atoms with Crippen LogP contribution in [-0.4, -0.2) is 19.3 Å². The number of hydrogen-bond donors (Lipinski definition) is 1. The zero-order chi connectivity index (χ0) is 12.8. The van der Waals surface area contributed by atoms with E-state index in [0.29, 0.717) is 12.1 Å². The summed E-state index contributed by atoms with van der Waals surface area (Å²) in [7, 11) is 0. The van der Waals surface area contributed by atoms with Crippen LogP contribution in [-0.2, 0) is 4.74 Å². The Morgan fingerprint density at radius 2 is 2.50 bits per heavy atom. The first-order valence-electron chi connectivity index (χ1n) is 6.88. The summed E-state index contributed by atoms with van der Waals surface area (Å²) in [5, 5.41) is 5.97. The van der Waals surface area contributed by atoms with Gasteiger partial charge in [-0.1, -0.05) is 6.92 Å². The molecule has 1 aromatic heterocycles. The second kappa shape index (κ2) is 7.82. The molecule has 0 aromatic carbocycles. The van der Waals surface area contributed by atoms with Crippen molar-refractivity contribution in [3.05, 3.63) is 19.9 Å². The Bertz CT molecular complexity index is 349. The molecule has 1 aliphatic heterocycles. The van der Waals surface area contributed by atoms with Crippen LogP contribution in [0.2, 0.25) is 0 Å². The van der Waals surface area contributed by atoms with Crippen molar-refractivity contribution in [1.29, 1.82) is 0 Å². The molecule has 1 aliphatic rings. The fourth-order valence-electron chi connectivity index (χ4n) is 2.44. The SMILES string of the molecule is CCCNC(CCC1CCCO1)c1csc(I)c1. The summed E-state index contributed by atoms with van der Waals surface area (Å²) < 4.78 is 7.10. The van der Waals surface area contributed by atoms with Crippen LogP contribution in [0.3, 0.4) is 0 Å². The molecular formula is C14H22INOS. The van der Waals surface area contributed by atoms with E-state index in [1.165, 1.54) is 40.6 Å². The summed E-state index contributed by atoms with van der Waals surface area (Å²) in [6.07, 6.45) is 6.58. The normalized spacial score (nSPS) is 21.3. The number of nitrogens with one attached hydrogen (secondary N) is 1. The highest BCUT2D eigenvalue weighted by Crippen LogP contribution is 2.27. The lowest BCUT2D eigenvalue weighted by Gasteiger charge is -2.19. The minimum Gasteiger partial charge on any atom is -0.378 e. The number of halogens is 1. The lowest BCUT2D eigenvalue weighted by Crippen LogP contribution is -2.23.